The summed E-state index contributed by atoms with van der Waals surface area (Å²) in [6.07, 6.45) is 3.58. The van der Waals surface area contributed by atoms with E-state index in [2.05, 4.69) is 24.1 Å². The van der Waals surface area contributed by atoms with Crippen molar-refractivity contribution in [1.29, 1.82) is 0 Å². The number of nitrogens with one attached hydrogen (secondary N) is 1. The number of hydrogen-bond donors (Lipinski definition) is 2. The van der Waals surface area contributed by atoms with Gasteiger partial charge in [-0.3, -0.25) is 4.79 Å². The topological polar surface area (TPSA) is 52.6 Å². The van der Waals surface area contributed by atoms with Crippen LogP contribution >= 0.6 is 0 Å². The summed E-state index contributed by atoms with van der Waals surface area (Å²) >= 11 is 0. The Bertz CT molecular complexity index is 263. The van der Waals surface area contributed by atoms with Crippen LogP contribution in [0.5, 0.6) is 0 Å². The summed E-state index contributed by atoms with van der Waals surface area (Å²) in [7, 11) is 4.01. The molecule has 0 aromatic carbocycles. The molecule has 0 radical (unpaired) electrons. The quantitative estimate of drug-likeness (QED) is 0.761. The summed E-state index contributed by atoms with van der Waals surface area (Å²) in [6, 6.07) is 0. The van der Waals surface area contributed by atoms with Gasteiger partial charge in [0.15, 0.2) is 0 Å². The molecule has 18 heavy (non-hydrogen) atoms. The molecule has 1 fully saturated rings. The predicted molar refractivity (Wildman–Crippen MR) is 73.7 cm³/mol. The monoisotopic (exact) mass is 256 g/mol. The van der Waals surface area contributed by atoms with Crippen LogP contribution in [0, 0.1) is 11.8 Å². The molecule has 2 N–H and O–H groups in total. The van der Waals surface area contributed by atoms with Gasteiger partial charge in [-0.05, 0) is 51.6 Å². The Hall–Kier alpha value is -0.610. The molecule has 0 atom stereocenters. The van der Waals surface area contributed by atoms with E-state index < -0.39 is 11.5 Å². The second-order valence-electron chi connectivity index (χ2n) is 6.20. The minimum atomic E-state index is -0.679. The molecule has 0 unspecified atom stereocenters. The third-order valence-corrected chi connectivity index (χ3v) is 4.26. The molecule has 0 heterocycles. The summed E-state index contributed by atoms with van der Waals surface area (Å²) in [6.45, 7) is 6.09. The highest BCUT2D eigenvalue weighted by molar-refractivity contribution is 5.78. The molecule has 106 valence electrons. The van der Waals surface area contributed by atoms with Crippen molar-refractivity contribution >= 4 is 5.97 Å². The molecule has 0 spiro atoms. The van der Waals surface area contributed by atoms with E-state index in [1.54, 1.807) is 0 Å². The van der Waals surface area contributed by atoms with Crippen LogP contribution in [-0.2, 0) is 4.79 Å². The first-order valence-electron chi connectivity index (χ1n) is 7.00. The van der Waals surface area contributed by atoms with Crippen LogP contribution < -0.4 is 5.32 Å². The third-order valence-electron chi connectivity index (χ3n) is 4.26. The Morgan fingerprint density at radius 2 is 1.94 bits per heavy atom. The van der Waals surface area contributed by atoms with Crippen molar-refractivity contribution < 1.29 is 9.90 Å². The molecule has 0 aliphatic heterocycles. The first-order chi connectivity index (χ1) is 8.37. The molecular formula is C14H28N2O2. The van der Waals surface area contributed by atoms with E-state index in [0.29, 0.717) is 11.8 Å². The summed E-state index contributed by atoms with van der Waals surface area (Å²) in [5.74, 6) is 0.676. The summed E-state index contributed by atoms with van der Waals surface area (Å²) < 4.78 is 0. The number of aliphatic carboxylic acids is 1. The van der Waals surface area contributed by atoms with Crippen molar-refractivity contribution in [1.82, 2.24) is 10.2 Å². The van der Waals surface area contributed by atoms with E-state index in [0.717, 1.165) is 38.8 Å². The normalized spacial score (nSPS) is 28.9. The van der Waals surface area contributed by atoms with Crippen molar-refractivity contribution in [2.24, 2.45) is 11.8 Å². The van der Waals surface area contributed by atoms with Gasteiger partial charge in [0, 0.05) is 13.1 Å². The molecule has 4 heteroatoms. The average Bonchev–Trinajstić information content (AvgIpc) is 2.28. The first kappa shape index (κ1) is 15.4. The minimum absolute atomic E-state index is 0.665. The molecule has 4 nitrogen and oxygen atoms in total. The molecule has 0 saturated heterocycles. The van der Waals surface area contributed by atoms with Gasteiger partial charge in [-0.2, -0.15) is 0 Å². The Morgan fingerprint density at radius 1 is 1.39 bits per heavy atom. The predicted octanol–water partition coefficient (Wildman–Crippen LogP) is 1.81. The lowest BCUT2D eigenvalue weighted by atomic mass is 9.73. The summed E-state index contributed by atoms with van der Waals surface area (Å²) in [5, 5.41) is 12.8. The summed E-state index contributed by atoms with van der Waals surface area (Å²) in [4.78, 5) is 13.6. The number of carboxylic acid groups (broad SMARTS) is 1. The maximum atomic E-state index is 11.6. The van der Waals surface area contributed by atoms with Crippen LogP contribution in [0.1, 0.15) is 39.5 Å². The van der Waals surface area contributed by atoms with E-state index in [1.807, 2.05) is 14.1 Å². The SMILES string of the molecule is CC(C)C1CCC(NCCN(C)C)(C(=O)O)CC1. The van der Waals surface area contributed by atoms with E-state index >= 15 is 0 Å². The fourth-order valence-corrected chi connectivity index (χ4v) is 2.78. The maximum Gasteiger partial charge on any atom is 0.323 e. The number of likely N-dealkylation sites (N-methyl/N-ethyl adjacent to an activating group) is 1. The Labute approximate surface area is 111 Å². The van der Waals surface area contributed by atoms with Crippen molar-refractivity contribution in [2.75, 3.05) is 27.2 Å². The van der Waals surface area contributed by atoms with Crippen molar-refractivity contribution in [3.8, 4) is 0 Å². The number of hydrogen-bond acceptors (Lipinski definition) is 3. The largest absolute Gasteiger partial charge is 0.480 e. The van der Waals surface area contributed by atoms with Crippen molar-refractivity contribution in [3.05, 3.63) is 0 Å². The van der Waals surface area contributed by atoms with E-state index in [1.165, 1.54) is 0 Å². The van der Waals surface area contributed by atoms with Crippen molar-refractivity contribution in [2.45, 2.75) is 45.1 Å². The van der Waals surface area contributed by atoms with Crippen LogP contribution in [0.2, 0.25) is 0 Å². The fraction of sp³-hybridized carbons (Fsp3) is 0.929. The Morgan fingerprint density at radius 3 is 2.33 bits per heavy atom. The molecule has 0 amide bonds. The highest BCUT2D eigenvalue weighted by Gasteiger charge is 2.41. The number of carbonyl (C=O) groups is 1. The number of rotatable bonds is 6. The van der Waals surface area contributed by atoms with E-state index in [9.17, 15) is 9.90 Å². The fourth-order valence-electron chi connectivity index (χ4n) is 2.78. The summed E-state index contributed by atoms with van der Waals surface area (Å²) in [5.41, 5.74) is -0.679. The highest BCUT2D eigenvalue weighted by atomic mass is 16.4. The Balaban J connectivity index is 2.53. The van der Waals surface area contributed by atoms with Crippen LogP contribution in [0.3, 0.4) is 0 Å². The van der Waals surface area contributed by atoms with Crippen LogP contribution in [0.4, 0.5) is 0 Å². The lowest BCUT2D eigenvalue weighted by Gasteiger charge is -2.39. The van der Waals surface area contributed by atoms with Gasteiger partial charge in [0.25, 0.3) is 0 Å². The van der Waals surface area contributed by atoms with Gasteiger partial charge in [-0.1, -0.05) is 13.8 Å². The molecule has 0 aromatic heterocycles. The van der Waals surface area contributed by atoms with E-state index in [-0.39, 0.29) is 0 Å². The Kier molecular flexibility index (Phi) is 5.60. The maximum absolute atomic E-state index is 11.6. The van der Waals surface area contributed by atoms with Gasteiger partial charge in [0.2, 0.25) is 0 Å². The minimum Gasteiger partial charge on any atom is -0.480 e. The van der Waals surface area contributed by atoms with Gasteiger partial charge in [0.1, 0.15) is 5.54 Å². The van der Waals surface area contributed by atoms with Crippen LogP contribution in [0.15, 0.2) is 0 Å². The molecule has 0 bridgehead atoms. The first-order valence-corrected chi connectivity index (χ1v) is 7.00. The van der Waals surface area contributed by atoms with Gasteiger partial charge < -0.3 is 15.3 Å². The average molecular weight is 256 g/mol. The molecule has 1 aliphatic rings. The molecule has 1 saturated carbocycles. The van der Waals surface area contributed by atoms with Gasteiger partial charge in [0.05, 0.1) is 0 Å². The second kappa shape index (κ2) is 6.53. The number of nitrogens with zero attached hydrogens (tertiary/aromatic N) is 1. The second-order valence-corrected chi connectivity index (χ2v) is 6.20. The van der Waals surface area contributed by atoms with Gasteiger partial charge >= 0.3 is 5.97 Å². The van der Waals surface area contributed by atoms with Gasteiger partial charge in [-0.25, -0.2) is 0 Å². The van der Waals surface area contributed by atoms with Crippen LogP contribution in [-0.4, -0.2) is 48.7 Å². The smallest absolute Gasteiger partial charge is 0.323 e. The standard InChI is InChI=1S/C14H28N2O2/c1-11(2)12-5-7-14(8-6-12,13(17)18)15-9-10-16(3)4/h11-12,15H,5-10H2,1-4H3,(H,17,18). The highest BCUT2D eigenvalue weighted by Crippen LogP contribution is 2.35. The van der Waals surface area contributed by atoms with Crippen LogP contribution in [0.25, 0.3) is 0 Å². The number of carboxylic acids is 1. The molecule has 1 aliphatic carbocycles. The molecular weight excluding hydrogens is 228 g/mol. The zero-order valence-corrected chi connectivity index (χ0v) is 12.2. The van der Waals surface area contributed by atoms with E-state index in [4.69, 9.17) is 0 Å². The third kappa shape index (κ3) is 3.95. The van der Waals surface area contributed by atoms with Gasteiger partial charge in [-0.15, -0.1) is 0 Å². The lowest BCUT2D eigenvalue weighted by Crippen LogP contribution is -2.55. The molecule has 0 aromatic rings. The van der Waals surface area contributed by atoms with Crippen molar-refractivity contribution in [3.63, 3.8) is 0 Å². The molecule has 1 rings (SSSR count). The lowest BCUT2D eigenvalue weighted by molar-refractivity contribution is -0.147. The zero-order valence-electron chi connectivity index (χ0n) is 12.2. The zero-order chi connectivity index (χ0) is 13.8.